The standard InChI is InChI=1S/C19H16O3S/c1-10-6-13-14(7-11(10)2)18(21-3)15-8-22-19(20)17(15)16(13)12-4-5-23-9-12/h4-7,9H,8H2,1-3H3. The number of ether oxygens (including phenoxy) is 2. The molecule has 0 atom stereocenters. The van der Waals surface area contributed by atoms with Gasteiger partial charge in [-0.3, -0.25) is 0 Å². The van der Waals surface area contributed by atoms with E-state index in [0.717, 1.165) is 33.2 Å². The predicted molar refractivity (Wildman–Crippen MR) is 92.4 cm³/mol. The van der Waals surface area contributed by atoms with Crippen molar-refractivity contribution in [2.75, 3.05) is 7.11 Å². The van der Waals surface area contributed by atoms with Gasteiger partial charge in [0.15, 0.2) is 0 Å². The fourth-order valence-electron chi connectivity index (χ4n) is 3.29. The molecule has 0 unspecified atom stereocenters. The molecule has 0 radical (unpaired) electrons. The first kappa shape index (κ1) is 14.3. The largest absolute Gasteiger partial charge is 0.496 e. The second kappa shape index (κ2) is 5.10. The summed E-state index contributed by atoms with van der Waals surface area (Å²) in [5.41, 5.74) is 5.92. The Kier molecular flexibility index (Phi) is 3.16. The van der Waals surface area contributed by atoms with Gasteiger partial charge in [-0.1, -0.05) is 6.07 Å². The third kappa shape index (κ3) is 1.98. The Morgan fingerprint density at radius 1 is 1.13 bits per heavy atom. The summed E-state index contributed by atoms with van der Waals surface area (Å²) in [5, 5.41) is 6.18. The average molecular weight is 324 g/mol. The molecule has 0 N–H and O–H groups in total. The van der Waals surface area contributed by atoms with E-state index in [0.29, 0.717) is 5.56 Å². The van der Waals surface area contributed by atoms with Crippen molar-refractivity contribution in [3.63, 3.8) is 0 Å². The summed E-state index contributed by atoms with van der Waals surface area (Å²) < 4.78 is 11.0. The Balaban J connectivity index is 2.24. The van der Waals surface area contributed by atoms with E-state index in [1.54, 1.807) is 18.4 Å². The molecule has 2 aromatic carbocycles. The summed E-state index contributed by atoms with van der Waals surface area (Å²) in [6.07, 6.45) is 0. The van der Waals surface area contributed by atoms with Gasteiger partial charge in [0.05, 0.1) is 12.7 Å². The van der Waals surface area contributed by atoms with Gasteiger partial charge in [0.2, 0.25) is 0 Å². The quantitative estimate of drug-likeness (QED) is 0.631. The SMILES string of the molecule is COc1c2c(c(-c3ccsc3)c3cc(C)c(C)cc13)C(=O)OC2. The second-order valence-electron chi connectivity index (χ2n) is 5.83. The summed E-state index contributed by atoms with van der Waals surface area (Å²) in [4.78, 5) is 12.4. The highest BCUT2D eigenvalue weighted by Gasteiger charge is 2.32. The maximum atomic E-state index is 12.4. The maximum Gasteiger partial charge on any atom is 0.339 e. The normalized spacial score (nSPS) is 13.3. The number of benzene rings is 2. The van der Waals surface area contributed by atoms with Crippen LogP contribution >= 0.6 is 11.3 Å². The number of hydrogen-bond acceptors (Lipinski definition) is 4. The van der Waals surface area contributed by atoms with Crippen LogP contribution in [0, 0.1) is 13.8 Å². The summed E-state index contributed by atoms with van der Waals surface area (Å²) in [6, 6.07) is 6.33. The predicted octanol–water partition coefficient (Wildman–Crippen LogP) is 4.86. The zero-order valence-corrected chi connectivity index (χ0v) is 14.0. The zero-order valence-electron chi connectivity index (χ0n) is 13.2. The smallest absolute Gasteiger partial charge is 0.339 e. The number of cyclic esters (lactones) is 1. The van der Waals surface area contributed by atoms with Crippen LogP contribution in [0.25, 0.3) is 21.9 Å². The highest BCUT2D eigenvalue weighted by molar-refractivity contribution is 7.08. The van der Waals surface area contributed by atoms with E-state index in [9.17, 15) is 4.79 Å². The molecule has 116 valence electrons. The second-order valence-corrected chi connectivity index (χ2v) is 6.61. The molecule has 3 aromatic rings. The van der Waals surface area contributed by atoms with Crippen molar-refractivity contribution in [3.8, 4) is 16.9 Å². The number of hydrogen-bond donors (Lipinski definition) is 0. The van der Waals surface area contributed by atoms with Crippen molar-refractivity contribution < 1.29 is 14.3 Å². The van der Waals surface area contributed by atoms with Gasteiger partial charge in [0.25, 0.3) is 0 Å². The molecule has 0 saturated heterocycles. The molecule has 0 fully saturated rings. The van der Waals surface area contributed by atoms with Gasteiger partial charge in [-0.25, -0.2) is 4.79 Å². The Labute approximate surface area is 138 Å². The Morgan fingerprint density at radius 3 is 2.52 bits per heavy atom. The fraction of sp³-hybridized carbons (Fsp3) is 0.211. The number of methoxy groups -OCH3 is 1. The van der Waals surface area contributed by atoms with Crippen LogP contribution in [-0.4, -0.2) is 13.1 Å². The van der Waals surface area contributed by atoms with Crippen LogP contribution in [0.5, 0.6) is 5.75 Å². The van der Waals surface area contributed by atoms with Crippen LogP contribution in [0.1, 0.15) is 27.0 Å². The van der Waals surface area contributed by atoms with Crippen molar-refractivity contribution in [1.29, 1.82) is 0 Å². The molecule has 1 aromatic heterocycles. The van der Waals surface area contributed by atoms with E-state index in [2.05, 4.69) is 31.4 Å². The fourth-order valence-corrected chi connectivity index (χ4v) is 3.93. The van der Waals surface area contributed by atoms with Gasteiger partial charge < -0.3 is 9.47 Å². The monoisotopic (exact) mass is 324 g/mol. The zero-order chi connectivity index (χ0) is 16.1. The van der Waals surface area contributed by atoms with Crippen LogP contribution in [0.2, 0.25) is 0 Å². The van der Waals surface area contributed by atoms with Crippen molar-refractivity contribution >= 4 is 28.1 Å². The minimum absolute atomic E-state index is 0.264. The van der Waals surface area contributed by atoms with Crippen molar-refractivity contribution in [1.82, 2.24) is 0 Å². The minimum Gasteiger partial charge on any atom is -0.496 e. The first-order valence-corrected chi connectivity index (χ1v) is 8.39. The van der Waals surface area contributed by atoms with Gasteiger partial charge in [-0.15, -0.1) is 0 Å². The number of rotatable bonds is 2. The van der Waals surface area contributed by atoms with Crippen LogP contribution < -0.4 is 4.74 Å². The summed E-state index contributed by atoms with van der Waals surface area (Å²) in [5.74, 6) is 0.488. The molecule has 23 heavy (non-hydrogen) atoms. The topological polar surface area (TPSA) is 35.5 Å². The first-order valence-electron chi connectivity index (χ1n) is 7.45. The molecule has 0 amide bonds. The molecule has 1 aliphatic heterocycles. The molecule has 3 nitrogen and oxygen atoms in total. The van der Waals surface area contributed by atoms with E-state index in [1.165, 1.54) is 11.1 Å². The maximum absolute atomic E-state index is 12.4. The highest BCUT2D eigenvalue weighted by atomic mass is 32.1. The third-order valence-electron chi connectivity index (χ3n) is 4.54. The highest BCUT2D eigenvalue weighted by Crippen LogP contribution is 2.45. The van der Waals surface area contributed by atoms with E-state index in [4.69, 9.17) is 9.47 Å². The molecule has 4 heteroatoms. The molecular formula is C19H16O3S. The molecule has 2 heterocycles. The molecular weight excluding hydrogens is 308 g/mol. The van der Waals surface area contributed by atoms with E-state index < -0.39 is 0 Å². The molecule has 0 saturated carbocycles. The number of fused-ring (bicyclic) bond motifs is 2. The van der Waals surface area contributed by atoms with Crippen LogP contribution in [0.4, 0.5) is 0 Å². The number of aryl methyl sites for hydroxylation is 2. The number of esters is 1. The van der Waals surface area contributed by atoms with Gasteiger partial charge in [0, 0.05) is 16.5 Å². The Hall–Kier alpha value is -2.33. The summed E-state index contributed by atoms with van der Waals surface area (Å²) in [6.45, 7) is 4.45. The lowest BCUT2D eigenvalue weighted by Crippen LogP contribution is -2.01. The number of carbonyl (C=O) groups is 1. The summed E-state index contributed by atoms with van der Waals surface area (Å²) in [7, 11) is 1.65. The molecule has 1 aliphatic rings. The van der Waals surface area contributed by atoms with Crippen LogP contribution in [-0.2, 0) is 11.3 Å². The van der Waals surface area contributed by atoms with E-state index in [-0.39, 0.29) is 12.6 Å². The number of thiophene rings is 1. The summed E-state index contributed by atoms with van der Waals surface area (Å²) >= 11 is 1.62. The molecule has 0 spiro atoms. The van der Waals surface area contributed by atoms with Crippen molar-refractivity contribution in [2.45, 2.75) is 20.5 Å². The van der Waals surface area contributed by atoms with E-state index in [1.807, 2.05) is 11.4 Å². The third-order valence-corrected chi connectivity index (χ3v) is 5.22. The van der Waals surface area contributed by atoms with Gasteiger partial charge in [0.1, 0.15) is 12.4 Å². The van der Waals surface area contributed by atoms with Crippen LogP contribution in [0.3, 0.4) is 0 Å². The first-order chi connectivity index (χ1) is 11.1. The number of carbonyl (C=O) groups excluding carboxylic acids is 1. The van der Waals surface area contributed by atoms with E-state index >= 15 is 0 Å². The lowest BCUT2D eigenvalue weighted by molar-refractivity contribution is 0.0535. The Morgan fingerprint density at radius 2 is 1.87 bits per heavy atom. The van der Waals surface area contributed by atoms with Crippen molar-refractivity contribution in [3.05, 3.63) is 51.2 Å². The Bertz CT molecular complexity index is 939. The lowest BCUT2D eigenvalue weighted by Gasteiger charge is -2.16. The van der Waals surface area contributed by atoms with Gasteiger partial charge in [-0.05, 0) is 58.8 Å². The molecule has 0 aliphatic carbocycles. The van der Waals surface area contributed by atoms with Gasteiger partial charge >= 0.3 is 5.97 Å². The van der Waals surface area contributed by atoms with Gasteiger partial charge in [-0.2, -0.15) is 11.3 Å². The lowest BCUT2D eigenvalue weighted by atomic mass is 9.89. The molecule has 4 rings (SSSR count). The average Bonchev–Trinajstić information content (AvgIpc) is 3.18. The minimum atomic E-state index is -0.264. The molecule has 0 bridgehead atoms. The van der Waals surface area contributed by atoms with Crippen LogP contribution in [0.15, 0.2) is 29.0 Å². The van der Waals surface area contributed by atoms with Crippen molar-refractivity contribution in [2.24, 2.45) is 0 Å².